The van der Waals surface area contributed by atoms with Crippen LogP contribution >= 0.6 is 34.2 Å². The lowest BCUT2D eigenvalue weighted by Gasteiger charge is -2.09. The molecule has 0 spiro atoms. The Hall–Kier alpha value is -1.34. The van der Waals surface area contributed by atoms with Crippen molar-refractivity contribution in [3.63, 3.8) is 0 Å². The van der Waals surface area contributed by atoms with Gasteiger partial charge in [0.15, 0.2) is 11.6 Å². The van der Waals surface area contributed by atoms with Crippen molar-refractivity contribution in [1.29, 1.82) is 0 Å². The van der Waals surface area contributed by atoms with Crippen LogP contribution in [0.1, 0.15) is 10.4 Å². The third-order valence-corrected chi connectivity index (χ3v) is 3.58. The van der Waals surface area contributed by atoms with Gasteiger partial charge in [0.05, 0.1) is 17.8 Å². The van der Waals surface area contributed by atoms with Crippen LogP contribution in [0.25, 0.3) is 0 Å². The van der Waals surface area contributed by atoms with Gasteiger partial charge in [-0.05, 0) is 59.0 Å². The lowest BCUT2D eigenvalue weighted by Crippen LogP contribution is -2.12. The first-order valence-electron chi connectivity index (χ1n) is 5.61. The fraction of sp³-hybridized carbons (Fsp3) is 0.0714. The highest BCUT2D eigenvalue weighted by molar-refractivity contribution is 14.1. The number of hydrogen-bond acceptors (Lipinski definition) is 2. The molecule has 0 aliphatic heterocycles. The molecule has 1 N–H and O–H groups in total. The number of anilines is 1. The van der Waals surface area contributed by atoms with Gasteiger partial charge in [0.1, 0.15) is 0 Å². The molecule has 3 nitrogen and oxygen atoms in total. The van der Waals surface area contributed by atoms with Crippen LogP contribution in [0.5, 0.6) is 5.75 Å². The number of benzene rings is 2. The number of ether oxygens (including phenoxy) is 1. The summed E-state index contributed by atoms with van der Waals surface area (Å²) in [5.74, 6) is -0.880. The predicted octanol–water partition coefficient (Wildman–Crippen LogP) is 4.34. The number of nitrogens with one attached hydrogen (secondary N) is 1. The Kier molecular flexibility index (Phi) is 4.82. The van der Waals surface area contributed by atoms with E-state index in [1.54, 1.807) is 12.1 Å². The molecule has 20 heavy (non-hydrogen) atoms. The zero-order chi connectivity index (χ0) is 14.7. The van der Waals surface area contributed by atoms with Crippen LogP contribution in [0.4, 0.5) is 10.1 Å². The number of amides is 1. The van der Waals surface area contributed by atoms with Gasteiger partial charge in [0.2, 0.25) is 0 Å². The third kappa shape index (κ3) is 3.40. The van der Waals surface area contributed by atoms with Gasteiger partial charge in [-0.3, -0.25) is 4.79 Å². The van der Waals surface area contributed by atoms with E-state index in [-0.39, 0.29) is 17.2 Å². The summed E-state index contributed by atoms with van der Waals surface area (Å²) in [5.41, 5.74) is 0.790. The zero-order valence-corrected chi connectivity index (χ0v) is 13.3. The molecule has 0 aliphatic carbocycles. The molecule has 0 aliphatic rings. The van der Waals surface area contributed by atoms with E-state index < -0.39 is 5.82 Å². The summed E-state index contributed by atoms with van der Waals surface area (Å²) in [7, 11) is 1.34. The summed E-state index contributed by atoms with van der Waals surface area (Å²) in [6.45, 7) is 0. The minimum atomic E-state index is -0.517. The van der Waals surface area contributed by atoms with Gasteiger partial charge in [0.25, 0.3) is 5.91 Å². The topological polar surface area (TPSA) is 38.3 Å². The van der Waals surface area contributed by atoms with Gasteiger partial charge < -0.3 is 10.1 Å². The first kappa shape index (κ1) is 15.1. The molecule has 2 aromatic rings. The highest BCUT2D eigenvalue weighted by atomic mass is 127. The third-order valence-electron chi connectivity index (χ3n) is 2.59. The molecule has 0 atom stereocenters. The Morgan fingerprint density at radius 3 is 2.70 bits per heavy atom. The van der Waals surface area contributed by atoms with E-state index in [4.69, 9.17) is 16.3 Å². The summed E-state index contributed by atoms with van der Waals surface area (Å²) in [6.07, 6.45) is 0. The summed E-state index contributed by atoms with van der Waals surface area (Å²) in [5, 5.41) is 3.12. The van der Waals surface area contributed by atoms with Crippen molar-refractivity contribution >= 4 is 45.8 Å². The van der Waals surface area contributed by atoms with E-state index >= 15 is 0 Å². The van der Waals surface area contributed by atoms with Gasteiger partial charge >= 0.3 is 0 Å². The van der Waals surface area contributed by atoms with Crippen molar-refractivity contribution in [3.05, 3.63) is 56.4 Å². The molecule has 0 unspecified atom stereocenters. The van der Waals surface area contributed by atoms with E-state index in [0.717, 1.165) is 3.57 Å². The van der Waals surface area contributed by atoms with Crippen molar-refractivity contribution in [2.24, 2.45) is 0 Å². The predicted molar refractivity (Wildman–Crippen MR) is 85.1 cm³/mol. The molecule has 0 saturated heterocycles. The second-order valence-corrected chi connectivity index (χ2v) is 5.58. The Balaban J connectivity index is 2.24. The number of carbonyl (C=O) groups is 1. The standard InChI is InChI=1S/C14H10ClFINO2/c1-20-13-6-8(2-4-11(13)16)14(19)18-12-5-3-9(17)7-10(12)15/h2-7H,1H3,(H,18,19). The SMILES string of the molecule is COc1cc(C(=O)Nc2ccc(I)cc2Cl)ccc1F. The lowest BCUT2D eigenvalue weighted by atomic mass is 10.2. The molecular weight excluding hydrogens is 396 g/mol. The average Bonchev–Trinajstić information content (AvgIpc) is 2.42. The highest BCUT2D eigenvalue weighted by Gasteiger charge is 2.12. The average molecular weight is 406 g/mol. The molecule has 2 aromatic carbocycles. The van der Waals surface area contributed by atoms with Gasteiger partial charge in [-0.1, -0.05) is 11.6 Å². The first-order chi connectivity index (χ1) is 9.51. The Bertz CT molecular complexity index is 664. The maximum absolute atomic E-state index is 13.3. The second kappa shape index (κ2) is 6.41. The molecule has 0 fully saturated rings. The van der Waals surface area contributed by atoms with E-state index in [9.17, 15) is 9.18 Å². The zero-order valence-electron chi connectivity index (χ0n) is 10.4. The number of methoxy groups -OCH3 is 1. The molecule has 6 heteroatoms. The molecule has 0 radical (unpaired) electrons. The first-order valence-corrected chi connectivity index (χ1v) is 7.07. The maximum atomic E-state index is 13.3. The van der Waals surface area contributed by atoms with Crippen LogP contribution in [-0.4, -0.2) is 13.0 Å². The van der Waals surface area contributed by atoms with Crippen LogP contribution in [0.2, 0.25) is 5.02 Å². The number of rotatable bonds is 3. The van der Waals surface area contributed by atoms with Crippen molar-refractivity contribution in [2.45, 2.75) is 0 Å². The highest BCUT2D eigenvalue weighted by Crippen LogP contribution is 2.25. The summed E-state index contributed by atoms with van der Waals surface area (Å²) in [4.78, 5) is 12.1. The Morgan fingerprint density at radius 2 is 2.05 bits per heavy atom. The fourth-order valence-corrected chi connectivity index (χ4v) is 2.49. The maximum Gasteiger partial charge on any atom is 0.255 e. The van der Waals surface area contributed by atoms with Crippen LogP contribution in [0.3, 0.4) is 0 Å². The van der Waals surface area contributed by atoms with E-state index in [2.05, 4.69) is 27.9 Å². The van der Waals surface area contributed by atoms with Gasteiger partial charge in [-0.15, -0.1) is 0 Å². The van der Waals surface area contributed by atoms with Crippen LogP contribution < -0.4 is 10.1 Å². The lowest BCUT2D eigenvalue weighted by molar-refractivity contribution is 0.102. The number of hydrogen-bond donors (Lipinski definition) is 1. The monoisotopic (exact) mass is 405 g/mol. The smallest absolute Gasteiger partial charge is 0.255 e. The number of halogens is 3. The molecule has 104 valence electrons. The molecule has 0 aromatic heterocycles. The van der Waals surface area contributed by atoms with E-state index in [1.807, 2.05) is 6.07 Å². The number of carbonyl (C=O) groups excluding carboxylic acids is 1. The second-order valence-electron chi connectivity index (χ2n) is 3.93. The summed E-state index contributed by atoms with van der Waals surface area (Å²) >= 11 is 8.17. The van der Waals surface area contributed by atoms with E-state index in [0.29, 0.717) is 10.7 Å². The van der Waals surface area contributed by atoms with Crippen LogP contribution in [-0.2, 0) is 0 Å². The van der Waals surface area contributed by atoms with Gasteiger partial charge in [-0.2, -0.15) is 0 Å². The van der Waals surface area contributed by atoms with Crippen molar-refractivity contribution in [1.82, 2.24) is 0 Å². The molecule has 0 saturated carbocycles. The molecule has 0 bridgehead atoms. The normalized spacial score (nSPS) is 10.2. The van der Waals surface area contributed by atoms with Gasteiger partial charge in [-0.25, -0.2) is 4.39 Å². The van der Waals surface area contributed by atoms with Crippen LogP contribution in [0.15, 0.2) is 36.4 Å². The van der Waals surface area contributed by atoms with Crippen molar-refractivity contribution in [2.75, 3.05) is 12.4 Å². The van der Waals surface area contributed by atoms with Crippen LogP contribution in [0, 0.1) is 9.39 Å². The van der Waals surface area contributed by atoms with E-state index in [1.165, 1.54) is 25.3 Å². The van der Waals surface area contributed by atoms with Crippen molar-refractivity contribution < 1.29 is 13.9 Å². The van der Waals surface area contributed by atoms with Crippen molar-refractivity contribution in [3.8, 4) is 5.75 Å². The molecule has 2 rings (SSSR count). The fourth-order valence-electron chi connectivity index (χ4n) is 1.59. The molecule has 1 amide bonds. The van der Waals surface area contributed by atoms with Gasteiger partial charge in [0, 0.05) is 9.13 Å². The molecular formula is C14H10ClFINO2. The minimum absolute atomic E-state index is 0.0198. The summed E-state index contributed by atoms with van der Waals surface area (Å²) in [6, 6.07) is 9.18. The largest absolute Gasteiger partial charge is 0.494 e. The Labute approximate surface area is 134 Å². The molecule has 0 heterocycles. The summed E-state index contributed by atoms with van der Waals surface area (Å²) < 4.78 is 19.1. The minimum Gasteiger partial charge on any atom is -0.494 e. The Morgan fingerprint density at radius 1 is 1.30 bits per heavy atom. The quantitative estimate of drug-likeness (QED) is 0.771.